The lowest BCUT2D eigenvalue weighted by molar-refractivity contribution is 0.103. The van der Waals surface area contributed by atoms with E-state index in [0.717, 1.165) is 61.7 Å². The van der Waals surface area contributed by atoms with E-state index in [1.165, 1.54) is 29.0 Å². The molecule has 1 fully saturated rings. The third kappa shape index (κ3) is 4.04. The Hall–Kier alpha value is -1.85. The normalized spacial score (nSPS) is 17.6. The molecule has 2 aliphatic rings. The number of hydrogen-bond acceptors (Lipinski definition) is 4. The molecule has 5 heteroatoms. The van der Waals surface area contributed by atoms with E-state index < -0.39 is 0 Å². The van der Waals surface area contributed by atoms with Crippen LogP contribution in [0.3, 0.4) is 0 Å². The van der Waals surface area contributed by atoms with Gasteiger partial charge in [0.1, 0.15) is 0 Å². The van der Waals surface area contributed by atoms with Gasteiger partial charge in [-0.2, -0.15) is 0 Å². The van der Waals surface area contributed by atoms with Crippen LogP contribution in [0.25, 0.3) is 0 Å². The number of hydrogen-bond donors (Lipinski definition) is 1. The van der Waals surface area contributed by atoms with Crippen LogP contribution in [-0.4, -0.2) is 43.5 Å². The summed E-state index contributed by atoms with van der Waals surface area (Å²) in [5.41, 5.74) is 4.69. The Bertz CT molecular complexity index is 797. The molecular formula is C22H29N3OS. The van der Waals surface area contributed by atoms with E-state index in [0.29, 0.717) is 0 Å². The molecule has 1 amide bonds. The van der Waals surface area contributed by atoms with Crippen LogP contribution in [0.4, 0.5) is 11.4 Å². The van der Waals surface area contributed by atoms with Crippen LogP contribution in [0.1, 0.15) is 45.4 Å². The molecule has 1 aromatic carbocycles. The maximum atomic E-state index is 12.7. The maximum absolute atomic E-state index is 12.7. The van der Waals surface area contributed by atoms with Gasteiger partial charge in [0.15, 0.2) is 0 Å². The van der Waals surface area contributed by atoms with E-state index in [2.05, 4.69) is 53.2 Å². The number of amides is 1. The van der Waals surface area contributed by atoms with Gasteiger partial charge in [-0.1, -0.05) is 6.92 Å². The fourth-order valence-corrected chi connectivity index (χ4v) is 5.24. The summed E-state index contributed by atoms with van der Waals surface area (Å²) >= 11 is 1.67. The van der Waals surface area contributed by atoms with Crippen LogP contribution in [0.5, 0.6) is 0 Å². The van der Waals surface area contributed by atoms with E-state index in [9.17, 15) is 4.79 Å². The standard InChI is InChI=1S/C22H29N3OS/c1-3-24-10-12-25(13-11-24)18-8-9-19(16(2)14-18)23-22(26)21-15-17-6-4-5-7-20(17)27-21/h8-9,14-15H,3-7,10-13H2,1-2H3,(H,23,26). The fraction of sp³-hybridized carbons (Fsp3) is 0.500. The first-order valence-electron chi connectivity index (χ1n) is 10.1. The number of carbonyl (C=O) groups excluding carboxylic acids is 1. The number of aryl methyl sites for hydroxylation is 3. The van der Waals surface area contributed by atoms with Crippen molar-refractivity contribution < 1.29 is 4.79 Å². The van der Waals surface area contributed by atoms with E-state index in [1.54, 1.807) is 11.3 Å². The summed E-state index contributed by atoms with van der Waals surface area (Å²) < 4.78 is 0. The molecule has 1 aliphatic carbocycles. The van der Waals surface area contributed by atoms with Gasteiger partial charge in [-0.05, 0) is 74.5 Å². The lowest BCUT2D eigenvalue weighted by Crippen LogP contribution is -2.46. The summed E-state index contributed by atoms with van der Waals surface area (Å²) in [5, 5.41) is 3.13. The summed E-state index contributed by atoms with van der Waals surface area (Å²) in [6.45, 7) is 9.82. The first-order valence-corrected chi connectivity index (χ1v) is 11.0. The molecule has 1 aromatic heterocycles. The Kier molecular flexibility index (Phi) is 5.50. The van der Waals surface area contributed by atoms with E-state index in [1.807, 2.05) is 0 Å². The lowest BCUT2D eigenvalue weighted by atomic mass is 9.99. The minimum absolute atomic E-state index is 0.0295. The summed E-state index contributed by atoms with van der Waals surface area (Å²) in [5.74, 6) is 0.0295. The van der Waals surface area contributed by atoms with Crippen molar-refractivity contribution in [2.75, 3.05) is 42.9 Å². The van der Waals surface area contributed by atoms with E-state index in [-0.39, 0.29) is 5.91 Å². The molecule has 0 saturated carbocycles. The Morgan fingerprint density at radius 1 is 1.11 bits per heavy atom. The molecule has 0 radical (unpaired) electrons. The van der Waals surface area contributed by atoms with Gasteiger partial charge in [0.05, 0.1) is 4.88 Å². The Morgan fingerprint density at radius 2 is 1.89 bits per heavy atom. The monoisotopic (exact) mass is 383 g/mol. The largest absolute Gasteiger partial charge is 0.369 e. The average molecular weight is 384 g/mol. The van der Waals surface area contributed by atoms with Gasteiger partial charge < -0.3 is 15.1 Å². The third-order valence-electron chi connectivity index (χ3n) is 5.86. The van der Waals surface area contributed by atoms with Gasteiger partial charge in [-0.25, -0.2) is 0 Å². The molecular weight excluding hydrogens is 354 g/mol. The number of thiophene rings is 1. The predicted octanol–water partition coefficient (Wildman–Crippen LogP) is 4.33. The van der Waals surface area contributed by atoms with Crippen molar-refractivity contribution in [3.63, 3.8) is 0 Å². The molecule has 1 N–H and O–H groups in total. The quantitative estimate of drug-likeness (QED) is 0.854. The molecule has 2 aromatic rings. The highest BCUT2D eigenvalue weighted by molar-refractivity contribution is 7.14. The van der Waals surface area contributed by atoms with Crippen LogP contribution in [0.15, 0.2) is 24.3 Å². The van der Waals surface area contributed by atoms with Gasteiger partial charge >= 0.3 is 0 Å². The highest BCUT2D eigenvalue weighted by Crippen LogP contribution is 2.31. The molecule has 0 bridgehead atoms. The zero-order chi connectivity index (χ0) is 18.8. The number of fused-ring (bicyclic) bond motifs is 1. The number of likely N-dealkylation sites (N-methyl/N-ethyl adjacent to an activating group) is 1. The molecule has 4 rings (SSSR count). The first kappa shape index (κ1) is 18.5. The van der Waals surface area contributed by atoms with Crippen LogP contribution in [-0.2, 0) is 12.8 Å². The number of nitrogens with zero attached hydrogens (tertiary/aromatic N) is 2. The fourth-order valence-electron chi connectivity index (χ4n) is 4.09. The van der Waals surface area contributed by atoms with E-state index >= 15 is 0 Å². The molecule has 2 heterocycles. The summed E-state index contributed by atoms with van der Waals surface area (Å²) in [7, 11) is 0. The minimum atomic E-state index is 0.0295. The van der Waals surface area contributed by atoms with E-state index in [4.69, 9.17) is 0 Å². The average Bonchev–Trinajstić information content (AvgIpc) is 3.14. The van der Waals surface area contributed by atoms with Crippen molar-refractivity contribution in [3.8, 4) is 0 Å². The van der Waals surface area contributed by atoms with Crippen molar-refractivity contribution in [1.82, 2.24) is 4.90 Å². The Balaban J connectivity index is 1.43. The molecule has 27 heavy (non-hydrogen) atoms. The summed E-state index contributed by atoms with van der Waals surface area (Å²) in [4.78, 5) is 19.9. The SMILES string of the molecule is CCN1CCN(c2ccc(NC(=O)c3cc4c(s3)CCCC4)c(C)c2)CC1. The zero-order valence-electron chi connectivity index (χ0n) is 16.4. The first-order chi connectivity index (χ1) is 13.1. The van der Waals surface area contributed by atoms with Crippen molar-refractivity contribution in [2.45, 2.75) is 39.5 Å². The molecule has 144 valence electrons. The molecule has 1 saturated heterocycles. The van der Waals surface area contributed by atoms with Crippen LogP contribution in [0.2, 0.25) is 0 Å². The third-order valence-corrected chi connectivity index (χ3v) is 7.10. The molecule has 0 unspecified atom stereocenters. The molecule has 0 atom stereocenters. The summed E-state index contributed by atoms with van der Waals surface area (Å²) in [6, 6.07) is 8.51. The maximum Gasteiger partial charge on any atom is 0.265 e. The highest BCUT2D eigenvalue weighted by atomic mass is 32.1. The Morgan fingerprint density at radius 3 is 2.59 bits per heavy atom. The number of benzene rings is 1. The van der Waals surface area contributed by atoms with Crippen molar-refractivity contribution >= 4 is 28.6 Å². The van der Waals surface area contributed by atoms with Crippen LogP contribution < -0.4 is 10.2 Å². The van der Waals surface area contributed by atoms with Gasteiger partial charge in [-0.15, -0.1) is 11.3 Å². The number of anilines is 2. The lowest BCUT2D eigenvalue weighted by Gasteiger charge is -2.35. The van der Waals surface area contributed by atoms with Crippen LogP contribution >= 0.6 is 11.3 Å². The van der Waals surface area contributed by atoms with Crippen molar-refractivity contribution in [3.05, 3.63) is 45.1 Å². The number of carbonyl (C=O) groups is 1. The van der Waals surface area contributed by atoms with Gasteiger partial charge in [0, 0.05) is 42.4 Å². The second-order valence-electron chi connectivity index (χ2n) is 7.64. The zero-order valence-corrected chi connectivity index (χ0v) is 17.2. The molecule has 1 aliphatic heterocycles. The van der Waals surface area contributed by atoms with Gasteiger partial charge in [0.25, 0.3) is 5.91 Å². The predicted molar refractivity (Wildman–Crippen MR) is 114 cm³/mol. The second-order valence-corrected chi connectivity index (χ2v) is 8.78. The smallest absolute Gasteiger partial charge is 0.265 e. The molecule has 0 spiro atoms. The summed E-state index contributed by atoms with van der Waals surface area (Å²) in [6.07, 6.45) is 4.75. The van der Waals surface area contributed by atoms with Gasteiger partial charge in [-0.3, -0.25) is 4.79 Å². The Labute approximate surface area is 166 Å². The number of nitrogens with one attached hydrogen (secondary N) is 1. The van der Waals surface area contributed by atoms with Crippen molar-refractivity contribution in [2.24, 2.45) is 0 Å². The topological polar surface area (TPSA) is 35.6 Å². The second kappa shape index (κ2) is 8.03. The van der Waals surface area contributed by atoms with Crippen LogP contribution in [0, 0.1) is 6.92 Å². The minimum Gasteiger partial charge on any atom is -0.369 e. The number of piperazine rings is 1. The van der Waals surface area contributed by atoms with Gasteiger partial charge in [0.2, 0.25) is 0 Å². The highest BCUT2D eigenvalue weighted by Gasteiger charge is 2.19. The van der Waals surface area contributed by atoms with Crippen molar-refractivity contribution in [1.29, 1.82) is 0 Å². The molecule has 4 nitrogen and oxygen atoms in total. The number of rotatable bonds is 4.